The molecule has 5 heteroatoms. The first-order valence-electron chi connectivity index (χ1n) is 3.81. The molecule has 0 radical (unpaired) electrons. The molecule has 0 aromatic heterocycles. The average molecular weight is 168 g/mol. The van der Waals surface area contributed by atoms with Crippen LogP contribution in [-0.2, 0) is 4.79 Å². The van der Waals surface area contributed by atoms with E-state index in [1.807, 2.05) is 20.8 Å². The van der Waals surface area contributed by atoms with E-state index in [-0.39, 0.29) is 17.4 Å². The van der Waals surface area contributed by atoms with Gasteiger partial charge in [-0.2, -0.15) is 0 Å². The highest BCUT2D eigenvalue weighted by Gasteiger charge is 2.45. The predicted molar refractivity (Wildman–Crippen MR) is 44.3 cm³/mol. The van der Waals surface area contributed by atoms with Crippen molar-refractivity contribution in [1.82, 2.24) is 5.32 Å². The van der Waals surface area contributed by atoms with Crippen LogP contribution in [-0.4, -0.2) is 18.0 Å². The lowest BCUT2D eigenvalue weighted by Gasteiger charge is -2.42. The Morgan fingerprint density at radius 1 is 1.58 bits per heavy atom. The van der Waals surface area contributed by atoms with Crippen LogP contribution in [0.25, 0.3) is 10.4 Å². The number of hydrogen-bond donors (Lipinski definition) is 1. The molecule has 0 unspecified atom stereocenters. The summed E-state index contributed by atoms with van der Waals surface area (Å²) in [5.41, 5.74) is 8.13. The molecule has 0 bridgehead atoms. The van der Waals surface area contributed by atoms with Crippen LogP contribution in [0.4, 0.5) is 0 Å². The first kappa shape index (κ1) is 8.87. The van der Waals surface area contributed by atoms with Crippen molar-refractivity contribution in [2.24, 2.45) is 10.5 Å². The third-order valence-corrected chi connectivity index (χ3v) is 1.99. The Morgan fingerprint density at radius 2 is 2.17 bits per heavy atom. The number of carbonyl (C=O) groups excluding carboxylic acids is 1. The fraction of sp³-hybridized carbons (Fsp3) is 0.857. The van der Waals surface area contributed by atoms with Crippen molar-refractivity contribution < 1.29 is 4.79 Å². The largest absolute Gasteiger partial charge is 0.351 e. The molecular weight excluding hydrogens is 156 g/mol. The molecule has 0 aliphatic carbocycles. The van der Waals surface area contributed by atoms with Crippen LogP contribution in [0, 0.1) is 5.41 Å². The molecule has 1 aliphatic heterocycles. The van der Waals surface area contributed by atoms with Crippen LogP contribution in [0.5, 0.6) is 0 Å². The van der Waals surface area contributed by atoms with Gasteiger partial charge in [-0.3, -0.25) is 4.79 Å². The summed E-state index contributed by atoms with van der Waals surface area (Å²) in [5.74, 6) is -0.173. The van der Waals surface area contributed by atoms with Crippen molar-refractivity contribution >= 4 is 5.91 Å². The lowest BCUT2D eigenvalue weighted by Crippen LogP contribution is -2.66. The normalized spacial score (nSPS) is 28.4. The first-order valence-corrected chi connectivity index (χ1v) is 3.81. The second kappa shape index (κ2) is 2.68. The zero-order valence-corrected chi connectivity index (χ0v) is 7.40. The molecule has 0 spiro atoms. The third-order valence-electron chi connectivity index (χ3n) is 1.99. The topological polar surface area (TPSA) is 77.9 Å². The van der Waals surface area contributed by atoms with Crippen molar-refractivity contribution in [1.29, 1.82) is 0 Å². The smallest absolute Gasteiger partial charge is 0.231 e. The Kier molecular flexibility index (Phi) is 1.98. The maximum absolute atomic E-state index is 10.9. The van der Waals surface area contributed by atoms with E-state index in [1.54, 1.807) is 0 Å². The van der Waals surface area contributed by atoms with Crippen LogP contribution >= 0.6 is 0 Å². The van der Waals surface area contributed by atoms with Crippen LogP contribution < -0.4 is 5.32 Å². The highest BCUT2D eigenvalue weighted by molar-refractivity contribution is 5.89. The monoisotopic (exact) mass is 168 g/mol. The zero-order chi connectivity index (χ0) is 9.35. The molecule has 0 saturated carbocycles. The number of azide groups is 1. The Hall–Kier alpha value is -1.22. The number of hydrogen-bond acceptors (Lipinski definition) is 2. The molecule has 1 heterocycles. The minimum absolute atomic E-state index is 0.0269. The zero-order valence-electron chi connectivity index (χ0n) is 7.40. The summed E-state index contributed by atoms with van der Waals surface area (Å²) in [5, 5.41) is 6.14. The molecule has 5 nitrogen and oxygen atoms in total. The Morgan fingerprint density at radius 3 is 2.50 bits per heavy atom. The molecular formula is C7H12N4O. The number of rotatable bonds is 1. The van der Waals surface area contributed by atoms with Gasteiger partial charge in [-0.05, 0) is 10.9 Å². The van der Waals surface area contributed by atoms with Crippen LogP contribution in [0.3, 0.4) is 0 Å². The van der Waals surface area contributed by atoms with Crippen molar-refractivity contribution in [3.05, 3.63) is 10.4 Å². The molecule has 1 aliphatic rings. The molecule has 66 valence electrons. The number of nitrogens with zero attached hydrogens (tertiary/aromatic N) is 3. The number of amides is 1. The van der Waals surface area contributed by atoms with Gasteiger partial charge in [0.2, 0.25) is 5.91 Å². The van der Waals surface area contributed by atoms with Gasteiger partial charge in [-0.1, -0.05) is 25.9 Å². The minimum Gasteiger partial charge on any atom is -0.351 e. The summed E-state index contributed by atoms with van der Waals surface area (Å²) >= 11 is 0. The van der Waals surface area contributed by atoms with Gasteiger partial charge < -0.3 is 5.32 Å². The van der Waals surface area contributed by atoms with E-state index < -0.39 is 6.04 Å². The summed E-state index contributed by atoms with van der Waals surface area (Å²) in [4.78, 5) is 13.5. The number of carbonyl (C=O) groups is 1. The molecule has 1 amide bonds. The third kappa shape index (κ3) is 1.36. The van der Waals surface area contributed by atoms with E-state index in [9.17, 15) is 4.79 Å². The van der Waals surface area contributed by atoms with Crippen LogP contribution in [0.1, 0.15) is 20.8 Å². The summed E-state index contributed by atoms with van der Waals surface area (Å²) in [6.07, 6.45) is 0. The molecule has 0 aromatic rings. The van der Waals surface area contributed by atoms with Crippen LogP contribution in [0.2, 0.25) is 0 Å². The molecule has 0 aromatic carbocycles. The fourth-order valence-corrected chi connectivity index (χ4v) is 1.24. The summed E-state index contributed by atoms with van der Waals surface area (Å²) in [6, 6.07) is -0.545. The van der Waals surface area contributed by atoms with Gasteiger partial charge in [0, 0.05) is 4.91 Å². The van der Waals surface area contributed by atoms with E-state index >= 15 is 0 Å². The lowest BCUT2D eigenvalue weighted by molar-refractivity contribution is -0.133. The Balaban J connectivity index is 2.73. The van der Waals surface area contributed by atoms with Gasteiger partial charge in [-0.25, -0.2) is 0 Å². The lowest BCUT2D eigenvalue weighted by atomic mass is 9.78. The van der Waals surface area contributed by atoms with E-state index in [1.165, 1.54) is 0 Å². The highest BCUT2D eigenvalue weighted by atomic mass is 16.2. The van der Waals surface area contributed by atoms with Crippen molar-refractivity contribution in [3.8, 4) is 0 Å². The van der Waals surface area contributed by atoms with E-state index in [2.05, 4.69) is 15.3 Å². The second-order valence-corrected chi connectivity index (χ2v) is 4.00. The molecule has 12 heavy (non-hydrogen) atoms. The van der Waals surface area contributed by atoms with E-state index in [0.29, 0.717) is 0 Å². The predicted octanol–water partition coefficient (Wildman–Crippen LogP) is 1.21. The maximum atomic E-state index is 10.9. The molecule has 1 rings (SSSR count). The Labute approximate surface area is 70.8 Å². The Bertz CT molecular complexity index is 247. The number of β-lactam (4-membered cyclic amide) rings is 1. The van der Waals surface area contributed by atoms with Gasteiger partial charge in [-0.15, -0.1) is 0 Å². The molecule has 1 N–H and O–H groups in total. The second-order valence-electron chi connectivity index (χ2n) is 4.00. The summed E-state index contributed by atoms with van der Waals surface area (Å²) in [6.45, 7) is 5.99. The standard InChI is InChI=1S/C7H12N4O/c1-7(2,3)5-4(10-11-8)6(12)9-5/h4-5H,1-3H3,(H,9,12)/t4-,5+/m1/s1. The molecule has 2 atom stereocenters. The molecule has 1 saturated heterocycles. The number of nitrogens with one attached hydrogen (secondary N) is 1. The van der Waals surface area contributed by atoms with Crippen molar-refractivity contribution in [2.75, 3.05) is 0 Å². The maximum Gasteiger partial charge on any atom is 0.231 e. The summed E-state index contributed by atoms with van der Waals surface area (Å²) in [7, 11) is 0. The van der Waals surface area contributed by atoms with Gasteiger partial charge in [0.05, 0.1) is 6.04 Å². The van der Waals surface area contributed by atoms with Crippen molar-refractivity contribution in [3.63, 3.8) is 0 Å². The SMILES string of the molecule is CC(C)(C)[C@H]1NC(=O)[C@@H]1N=[N+]=[N-]. The molecule has 1 fully saturated rings. The van der Waals surface area contributed by atoms with Gasteiger partial charge in [0.25, 0.3) is 0 Å². The van der Waals surface area contributed by atoms with E-state index in [0.717, 1.165) is 0 Å². The quantitative estimate of drug-likeness (QED) is 0.271. The fourth-order valence-electron chi connectivity index (χ4n) is 1.24. The average Bonchev–Trinajstić information content (AvgIpc) is 1.93. The van der Waals surface area contributed by atoms with Crippen molar-refractivity contribution in [2.45, 2.75) is 32.9 Å². The summed E-state index contributed by atoms with van der Waals surface area (Å²) < 4.78 is 0. The van der Waals surface area contributed by atoms with Gasteiger partial charge in [0.1, 0.15) is 6.04 Å². The van der Waals surface area contributed by atoms with E-state index in [4.69, 9.17) is 5.53 Å². The van der Waals surface area contributed by atoms with Gasteiger partial charge in [0.15, 0.2) is 0 Å². The minimum atomic E-state index is -0.519. The van der Waals surface area contributed by atoms with Gasteiger partial charge >= 0.3 is 0 Å². The highest BCUT2D eigenvalue weighted by Crippen LogP contribution is 2.28. The van der Waals surface area contributed by atoms with Crippen LogP contribution in [0.15, 0.2) is 5.11 Å². The first-order chi connectivity index (χ1) is 5.46.